The zero-order valence-electron chi connectivity index (χ0n) is 13.2. The Labute approximate surface area is 139 Å². The van der Waals surface area contributed by atoms with Crippen molar-refractivity contribution in [2.75, 3.05) is 13.2 Å². The maximum absolute atomic E-state index is 5.68. The number of rotatable bonds is 6. The van der Waals surface area contributed by atoms with Gasteiger partial charge in [0, 0.05) is 17.1 Å². The highest BCUT2D eigenvalue weighted by molar-refractivity contribution is 7.13. The second kappa shape index (κ2) is 7.24. The minimum atomic E-state index is 0.598. The molecule has 0 fully saturated rings. The van der Waals surface area contributed by atoms with Crippen LogP contribution in [0.4, 0.5) is 0 Å². The molecule has 0 aliphatic rings. The first kappa shape index (κ1) is 15.5. The van der Waals surface area contributed by atoms with Crippen LogP contribution in [-0.4, -0.2) is 23.2 Å². The van der Waals surface area contributed by atoms with Gasteiger partial charge in [-0.15, -0.1) is 11.3 Å². The Morgan fingerprint density at radius 1 is 0.957 bits per heavy atom. The Balaban J connectivity index is 1.93. The number of benzene rings is 1. The van der Waals surface area contributed by atoms with Crippen LogP contribution >= 0.6 is 11.3 Å². The summed E-state index contributed by atoms with van der Waals surface area (Å²) in [6.45, 7) is 5.13. The van der Waals surface area contributed by atoms with E-state index in [1.54, 1.807) is 17.5 Å². The number of hydrogen-bond acceptors (Lipinski definition) is 5. The van der Waals surface area contributed by atoms with E-state index in [4.69, 9.17) is 9.47 Å². The van der Waals surface area contributed by atoms with Crippen molar-refractivity contribution in [3.63, 3.8) is 0 Å². The van der Waals surface area contributed by atoms with Gasteiger partial charge < -0.3 is 9.47 Å². The maximum Gasteiger partial charge on any atom is 0.161 e. The van der Waals surface area contributed by atoms with Crippen molar-refractivity contribution in [3.8, 4) is 33.5 Å². The van der Waals surface area contributed by atoms with Crippen LogP contribution in [0.1, 0.15) is 13.8 Å². The van der Waals surface area contributed by atoms with Gasteiger partial charge >= 0.3 is 0 Å². The molecule has 118 valence electrons. The number of ether oxygens (including phenoxy) is 2. The molecule has 23 heavy (non-hydrogen) atoms. The monoisotopic (exact) mass is 326 g/mol. The van der Waals surface area contributed by atoms with E-state index < -0.39 is 0 Å². The molecule has 0 aliphatic carbocycles. The lowest BCUT2D eigenvalue weighted by molar-refractivity contribution is 0.288. The van der Waals surface area contributed by atoms with E-state index in [-0.39, 0.29) is 0 Å². The Hall–Kier alpha value is -2.40. The van der Waals surface area contributed by atoms with Gasteiger partial charge in [-0.1, -0.05) is 6.07 Å². The van der Waals surface area contributed by atoms with Gasteiger partial charge in [-0.25, -0.2) is 4.98 Å². The molecule has 4 nitrogen and oxygen atoms in total. The average Bonchev–Trinajstić information content (AvgIpc) is 3.08. The number of nitrogens with zero attached hydrogens (tertiary/aromatic N) is 2. The summed E-state index contributed by atoms with van der Waals surface area (Å²) >= 11 is 1.60. The van der Waals surface area contributed by atoms with E-state index in [0.717, 1.165) is 33.5 Å². The van der Waals surface area contributed by atoms with Gasteiger partial charge in [0.15, 0.2) is 11.5 Å². The van der Waals surface area contributed by atoms with Gasteiger partial charge in [0.2, 0.25) is 0 Å². The molecule has 2 heterocycles. The minimum Gasteiger partial charge on any atom is -0.490 e. The maximum atomic E-state index is 5.68. The second-order valence-electron chi connectivity index (χ2n) is 4.78. The van der Waals surface area contributed by atoms with Crippen molar-refractivity contribution in [2.45, 2.75) is 13.8 Å². The summed E-state index contributed by atoms with van der Waals surface area (Å²) in [4.78, 5) is 9.03. The molecule has 2 aromatic heterocycles. The molecular formula is C18H18N2O2S. The van der Waals surface area contributed by atoms with Crippen LogP contribution < -0.4 is 9.47 Å². The van der Waals surface area contributed by atoms with Crippen LogP contribution in [0.2, 0.25) is 0 Å². The van der Waals surface area contributed by atoms with Crippen LogP contribution in [0.25, 0.3) is 22.0 Å². The zero-order chi connectivity index (χ0) is 16.1. The first-order chi connectivity index (χ1) is 11.3. The first-order valence-electron chi connectivity index (χ1n) is 7.58. The molecule has 0 saturated carbocycles. The number of thiazole rings is 1. The molecule has 0 spiro atoms. The van der Waals surface area contributed by atoms with Crippen molar-refractivity contribution < 1.29 is 9.47 Å². The van der Waals surface area contributed by atoms with Crippen molar-refractivity contribution in [2.24, 2.45) is 0 Å². The third-order valence-electron chi connectivity index (χ3n) is 3.22. The van der Waals surface area contributed by atoms with E-state index in [2.05, 4.69) is 9.97 Å². The van der Waals surface area contributed by atoms with Gasteiger partial charge in [-0.3, -0.25) is 4.98 Å². The molecule has 1 aromatic carbocycles. The summed E-state index contributed by atoms with van der Waals surface area (Å²) in [5, 5.41) is 2.96. The summed E-state index contributed by atoms with van der Waals surface area (Å²) in [7, 11) is 0. The SMILES string of the molecule is CCOc1ccc(-c2nc(-c3ccccn3)cs2)cc1OCC. The quantitative estimate of drug-likeness (QED) is 0.660. The fourth-order valence-electron chi connectivity index (χ4n) is 2.22. The smallest absolute Gasteiger partial charge is 0.161 e. The molecule has 0 saturated heterocycles. The molecule has 0 aliphatic heterocycles. The summed E-state index contributed by atoms with van der Waals surface area (Å²) in [6.07, 6.45) is 1.78. The number of pyridine rings is 1. The van der Waals surface area contributed by atoms with E-state index >= 15 is 0 Å². The molecular weight excluding hydrogens is 308 g/mol. The normalized spacial score (nSPS) is 10.5. The molecule has 0 unspecified atom stereocenters. The van der Waals surface area contributed by atoms with E-state index in [1.165, 1.54) is 0 Å². The van der Waals surface area contributed by atoms with Gasteiger partial charge in [0.05, 0.1) is 18.9 Å². The van der Waals surface area contributed by atoms with Gasteiger partial charge in [-0.05, 0) is 44.2 Å². The zero-order valence-corrected chi connectivity index (χ0v) is 14.0. The standard InChI is InChI=1S/C18H18N2O2S/c1-3-21-16-9-8-13(11-17(16)22-4-2)18-20-15(12-23-18)14-7-5-6-10-19-14/h5-12H,3-4H2,1-2H3. The Morgan fingerprint density at radius 3 is 2.52 bits per heavy atom. The van der Waals surface area contributed by atoms with Crippen molar-refractivity contribution in [1.82, 2.24) is 9.97 Å². The molecule has 3 rings (SSSR count). The lowest BCUT2D eigenvalue weighted by Gasteiger charge is -2.11. The van der Waals surface area contributed by atoms with Crippen molar-refractivity contribution in [1.29, 1.82) is 0 Å². The highest BCUT2D eigenvalue weighted by atomic mass is 32.1. The third-order valence-corrected chi connectivity index (χ3v) is 4.11. The van der Waals surface area contributed by atoms with E-state index in [9.17, 15) is 0 Å². The highest BCUT2D eigenvalue weighted by Crippen LogP contribution is 2.35. The fourth-order valence-corrected chi connectivity index (χ4v) is 3.03. The Kier molecular flexibility index (Phi) is 4.88. The van der Waals surface area contributed by atoms with Crippen LogP contribution in [-0.2, 0) is 0 Å². The Morgan fingerprint density at radius 2 is 1.78 bits per heavy atom. The lowest BCUT2D eigenvalue weighted by atomic mass is 10.2. The molecule has 0 amide bonds. The second-order valence-corrected chi connectivity index (χ2v) is 5.64. The fraction of sp³-hybridized carbons (Fsp3) is 0.222. The van der Waals surface area contributed by atoms with Crippen molar-refractivity contribution >= 4 is 11.3 Å². The third kappa shape index (κ3) is 3.51. The molecule has 5 heteroatoms. The summed E-state index contributed by atoms with van der Waals surface area (Å²) < 4.78 is 11.3. The predicted molar refractivity (Wildman–Crippen MR) is 93.1 cm³/mol. The summed E-state index contributed by atoms with van der Waals surface area (Å²) in [6, 6.07) is 11.8. The van der Waals surface area contributed by atoms with Crippen LogP contribution in [0.5, 0.6) is 11.5 Å². The minimum absolute atomic E-state index is 0.598. The van der Waals surface area contributed by atoms with Gasteiger partial charge in [-0.2, -0.15) is 0 Å². The van der Waals surface area contributed by atoms with Crippen molar-refractivity contribution in [3.05, 3.63) is 48.0 Å². The highest BCUT2D eigenvalue weighted by Gasteiger charge is 2.11. The first-order valence-corrected chi connectivity index (χ1v) is 8.46. The largest absolute Gasteiger partial charge is 0.490 e. The molecule has 0 radical (unpaired) electrons. The van der Waals surface area contributed by atoms with Crippen LogP contribution in [0, 0.1) is 0 Å². The van der Waals surface area contributed by atoms with Crippen LogP contribution in [0.3, 0.4) is 0 Å². The van der Waals surface area contributed by atoms with E-state index in [1.807, 2.05) is 55.6 Å². The summed E-state index contributed by atoms with van der Waals surface area (Å²) in [5.74, 6) is 1.51. The predicted octanol–water partition coefficient (Wildman–Crippen LogP) is 4.67. The van der Waals surface area contributed by atoms with Gasteiger partial charge in [0.1, 0.15) is 10.7 Å². The van der Waals surface area contributed by atoms with Crippen LogP contribution in [0.15, 0.2) is 48.0 Å². The number of hydrogen-bond donors (Lipinski definition) is 0. The average molecular weight is 326 g/mol. The topological polar surface area (TPSA) is 44.2 Å². The van der Waals surface area contributed by atoms with Gasteiger partial charge in [0.25, 0.3) is 0 Å². The molecule has 0 N–H and O–H groups in total. The summed E-state index contributed by atoms with van der Waals surface area (Å²) in [5.41, 5.74) is 2.78. The Bertz CT molecular complexity index is 772. The lowest BCUT2D eigenvalue weighted by Crippen LogP contribution is -1.98. The molecule has 0 atom stereocenters. The molecule has 3 aromatic rings. The molecule has 0 bridgehead atoms. The van der Waals surface area contributed by atoms with E-state index in [0.29, 0.717) is 13.2 Å². The number of aromatic nitrogens is 2.